The van der Waals surface area contributed by atoms with Gasteiger partial charge in [0.15, 0.2) is 0 Å². The van der Waals surface area contributed by atoms with Gasteiger partial charge in [-0.05, 0) is 25.1 Å². The number of halogens is 4. The molecule has 8 nitrogen and oxygen atoms in total. The predicted octanol–water partition coefficient (Wildman–Crippen LogP) is 5.46. The Kier molecular flexibility index (Phi) is 6.98. The number of carboxylic acids is 1. The zero-order valence-electron chi connectivity index (χ0n) is 16.5. The van der Waals surface area contributed by atoms with E-state index < -0.39 is 34.8 Å². The molecular weight excluding hydrogens is 489 g/mol. The smallest absolute Gasteiger partial charge is 0.544 e. The summed E-state index contributed by atoms with van der Waals surface area (Å²) in [4.78, 5) is 21.7. The van der Waals surface area contributed by atoms with Crippen LogP contribution in [0.4, 0.5) is 29.5 Å². The number of hydrogen-bond acceptors (Lipinski definition) is 8. The molecule has 0 saturated heterocycles. The summed E-state index contributed by atoms with van der Waals surface area (Å²) in [6.07, 6.45) is -5.67. The molecule has 1 aromatic heterocycles. The average molecular weight is 502 g/mol. The highest BCUT2D eigenvalue weighted by molar-refractivity contribution is 7.18. The molecule has 2 aromatic carbocycles. The number of nitrogens with one attached hydrogen (secondary N) is 1. The lowest BCUT2D eigenvalue weighted by atomic mass is 10.1. The fourth-order valence-electron chi connectivity index (χ4n) is 2.82. The highest BCUT2D eigenvalue weighted by atomic mass is 35.5. The molecule has 33 heavy (non-hydrogen) atoms. The van der Waals surface area contributed by atoms with Crippen LogP contribution < -0.4 is 19.9 Å². The van der Waals surface area contributed by atoms with E-state index in [0.717, 1.165) is 12.1 Å². The van der Waals surface area contributed by atoms with Crippen molar-refractivity contribution in [2.24, 2.45) is 0 Å². The van der Waals surface area contributed by atoms with Gasteiger partial charge in [0.2, 0.25) is 0 Å². The van der Waals surface area contributed by atoms with Gasteiger partial charge in [0, 0.05) is 16.7 Å². The first-order chi connectivity index (χ1) is 15.4. The number of alkyl halides is 3. The molecule has 0 spiro atoms. The molecule has 1 N–H and O–H groups in total. The number of benzene rings is 2. The third kappa shape index (κ3) is 6.05. The van der Waals surface area contributed by atoms with E-state index >= 15 is 0 Å². The number of nitro groups is 1. The molecule has 0 unspecified atom stereocenters. The second kappa shape index (κ2) is 9.55. The van der Waals surface area contributed by atoms with Gasteiger partial charge in [-0.15, -0.1) is 24.5 Å². The second-order valence-electron chi connectivity index (χ2n) is 6.48. The fraction of sp³-hybridized carbons (Fsp3) is 0.150. The summed E-state index contributed by atoms with van der Waals surface area (Å²) in [5, 5.41) is 26.0. The van der Waals surface area contributed by atoms with Gasteiger partial charge in [-0.3, -0.25) is 10.1 Å². The summed E-state index contributed by atoms with van der Waals surface area (Å²) in [5.41, 5.74) is -0.307. The maximum absolute atomic E-state index is 12.4. The van der Waals surface area contributed by atoms with Crippen LogP contribution in [-0.2, 0) is 0 Å². The maximum atomic E-state index is 12.4. The van der Waals surface area contributed by atoms with E-state index in [0.29, 0.717) is 28.0 Å². The van der Waals surface area contributed by atoms with E-state index in [1.54, 1.807) is 31.2 Å². The van der Waals surface area contributed by atoms with Crippen LogP contribution in [0.15, 0.2) is 48.5 Å². The Balaban J connectivity index is 1.90. The van der Waals surface area contributed by atoms with Crippen LogP contribution in [-0.4, -0.2) is 17.3 Å². The summed E-state index contributed by atoms with van der Waals surface area (Å²) in [6, 6.07) is 10.6. The van der Waals surface area contributed by atoms with Crippen LogP contribution in [0, 0.1) is 10.1 Å². The Morgan fingerprint density at radius 3 is 2.52 bits per heavy atom. The Hall–Kier alpha value is -3.51. The van der Waals surface area contributed by atoms with Crippen LogP contribution >= 0.6 is 22.9 Å². The van der Waals surface area contributed by atoms with Gasteiger partial charge in [0.05, 0.1) is 26.8 Å². The number of carboxylic acid groups (broad SMARTS) is 1. The van der Waals surface area contributed by atoms with E-state index in [-0.39, 0.29) is 21.3 Å². The van der Waals surface area contributed by atoms with Gasteiger partial charge in [0.25, 0.3) is 5.69 Å². The number of carbonyl (C=O) groups is 1. The summed E-state index contributed by atoms with van der Waals surface area (Å²) in [6.45, 7) is 1.65. The number of aromatic carboxylic acids is 1. The average Bonchev–Trinajstić information content (AvgIpc) is 3.10. The molecule has 0 radical (unpaired) electrons. The number of thiophene rings is 1. The molecule has 0 bridgehead atoms. The van der Waals surface area contributed by atoms with Crippen LogP contribution in [0.25, 0.3) is 0 Å². The lowest BCUT2D eigenvalue weighted by Crippen LogP contribution is -2.21. The molecule has 0 aliphatic carbocycles. The van der Waals surface area contributed by atoms with Gasteiger partial charge in [-0.25, -0.2) is 0 Å². The first kappa shape index (κ1) is 24.1. The van der Waals surface area contributed by atoms with Crippen LogP contribution in [0.1, 0.15) is 28.3 Å². The first-order valence-corrected chi connectivity index (χ1v) is 10.2. The second-order valence-corrected chi connectivity index (χ2v) is 7.94. The number of nitro benzene ring substituents is 1. The molecule has 3 rings (SSSR count). The molecule has 13 heteroatoms. The van der Waals surface area contributed by atoms with Crippen LogP contribution in [0.3, 0.4) is 0 Å². The number of rotatable bonds is 8. The normalized spacial score (nSPS) is 12.2. The van der Waals surface area contributed by atoms with Crippen molar-refractivity contribution in [1.29, 1.82) is 0 Å². The van der Waals surface area contributed by atoms with E-state index in [9.17, 15) is 33.2 Å². The zero-order chi connectivity index (χ0) is 24.3. The molecule has 1 heterocycles. The minimum absolute atomic E-state index is 0.0744. The van der Waals surface area contributed by atoms with Crippen molar-refractivity contribution in [3.63, 3.8) is 0 Å². The summed E-state index contributed by atoms with van der Waals surface area (Å²) >= 11 is 6.81. The summed E-state index contributed by atoms with van der Waals surface area (Å²) < 4.78 is 46.7. The Morgan fingerprint density at radius 2 is 1.91 bits per heavy atom. The number of nitrogens with zero attached hydrogens (tertiary/aromatic N) is 1. The van der Waals surface area contributed by atoms with Crippen LogP contribution in [0.5, 0.6) is 11.5 Å². The van der Waals surface area contributed by atoms with Gasteiger partial charge in [-0.1, -0.05) is 29.8 Å². The van der Waals surface area contributed by atoms with Gasteiger partial charge in [0.1, 0.15) is 23.3 Å². The van der Waals surface area contributed by atoms with E-state index in [2.05, 4.69) is 10.1 Å². The molecule has 1 atom stereocenters. The van der Waals surface area contributed by atoms with Gasteiger partial charge < -0.3 is 24.7 Å². The minimum atomic E-state index is -5.02. The first-order valence-electron chi connectivity index (χ1n) is 9.02. The summed E-state index contributed by atoms with van der Waals surface area (Å²) in [7, 11) is 0. The van der Waals surface area contributed by atoms with Crippen molar-refractivity contribution >= 4 is 45.3 Å². The van der Waals surface area contributed by atoms with Crippen molar-refractivity contribution < 1.29 is 37.5 Å². The lowest BCUT2D eigenvalue weighted by molar-refractivity contribution is -0.384. The Bertz CT molecular complexity index is 1200. The largest absolute Gasteiger partial charge is 0.573 e. The predicted molar refractivity (Wildman–Crippen MR) is 112 cm³/mol. The third-order valence-electron chi connectivity index (χ3n) is 4.19. The van der Waals surface area contributed by atoms with Gasteiger partial charge in [-0.2, -0.15) is 0 Å². The van der Waals surface area contributed by atoms with Crippen molar-refractivity contribution in [3.05, 3.63) is 74.1 Å². The lowest BCUT2D eigenvalue weighted by Gasteiger charge is -2.16. The monoisotopic (exact) mass is 501 g/mol. The Labute approximate surface area is 193 Å². The molecule has 0 aliphatic heterocycles. The molecule has 0 aliphatic rings. The highest BCUT2D eigenvalue weighted by Gasteiger charge is 2.32. The zero-order valence-corrected chi connectivity index (χ0v) is 18.1. The van der Waals surface area contributed by atoms with Crippen molar-refractivity contribution in [2.75, 3.05) is 5.32 Å². The SMILES string of the molecule is C[C@@H](Oc1cc(Nc2ccc(OC(F)(F)F)cc2[N+](=O)[O-])sc1C(=O)[O-])c1ccccc1Cl. The summed E-state index contributed by atoms with van der Waals surface area (Å²) in [5.74, 6) is -2.40. The molecule has 3 aromatic rings. The molecule has 0 saturated carbocycles. The number of ether oxygens (including phenoxy) is 2. The number of carbonyl (C=O) groups excluding carboxylic acids is 1. The molecule has 0 fully saturated rings. The highest BCUT2D eigenvalue weighted by Crippen LogP contribution is 2.40. The van der Waals surface area contributed by atoms with Crippen molar-refractivity contribution in [3.8, 4) is 11.5 Å². The maximum Gasteiger partial charge on any atom is 0.573 e. The number of hydrogen-bond donors (Lipinski definition) is 1. The van der Waals surface area contributed by atoms with Crippen LogP contribution in [0.2, 0.25) is 5.02 Å². The minimum Gasteiger partial charge on any atom is -0.544 e. The quantitative estimate of drug-likeness (QED) is 0.322. The topological polar surface area (TPSA) is 114 Å². The van der Waals surface area contributed by atoms with E-state index in [4.69, 9.17) is 16.3 Å². The van der Waals surface area contributed by atoms with E-state index in [1.165, 1.54) is 6.07 Å². The van der Waals surface area contributed by atoms with Crippen molar-refractivity contribution in [1.82, 2.24) is 0 Å². The van der Waals surface area contributed by atoms with Gasteiger partial charge >= 0.3 is 6.36 Å². The molecular formula is C20H13ClF3N2O6S-. The third-order valence-corrected chi connectivity index (χ3v) is 5.54. The molecule has 174 valence electrons. The Morgan fingerprint density at radius 1 is 1.21 bits per heavy atom. The standard InChI is InChI=1S/C20H14ClF3N2O6S/c1-10(12-4-2-3-5-13(12)21)31-16-9-17(33-18(16)19(27)28)25-14-7-6-11(32-20(22,23)24)8-15(14)26(29)30/h2-10,25H,1H3,(H,27,28)/p-1/t10-/m1/s1. The molecule has 0 amide bonds. The van der Waals surface area contributed by atoms with Crippen molar-refractivity contribution in [2.45, 2.75) is 19.4 Å². The van der Waals surface area contributed by atoms with E-state index in [1.807, 2.05) is 0 Å². The fourth-order valence-corrected chi connectivity index (χ4v) is 3.95. The number of anilines is 2.